The summed E-state index contributed by atoms with van der Waals surface area (Å²) >= 11 is 0. The summed E-state index contributed by atoms with van der Waals surface area (Å²) in [4.78, 5) is 0. The Morgan fingerprint density at radius 1 is 1.27 bits per heavy atom. The maximum Gasteiger partial charge on any atom is 0.0205 e. The van der Waals surface area contributed by atoms with Gasteiger partial charge in [0.15, 0.2) is 0 Å². The molecule has 0 spiro atoms. The molecule has 15 heavy (non-hydrogen) atoms. The number of hydrogen-bond donors (Lipinski definition) is 2. The van der Waals surface area contributed by atoms with Gasteiger partial charge in [0.1, 0.15) is 0 Å². The fourth-order valence-electron chi connectivity index (χ4n) is 1.52. The molecule has 0 aromatic heterocycles. The second-order valence-corrected chi connectivity index (χ2v) is 3.97. The highest BCUT2D eigenvalue weighted by molar-refractivity contribution is 5.14. The van der Waals surface area contributed by atoms with Crippen molar-refractivity contribution >= 4 is 0 Å². The van der Waals surface area contributed by atoms with Crippen LogP contribution in [0.2, 0.25) is 0 Å². The van der Waals surface area contributed by atoms with E-state index >= 15 is 0 Å². The van der Waals surface area contributed by atoms with Crippen molar-refractivity contribution < 1.29 is 0 Å². The number of rotatable bonds is 7. The molecule has 0 aliphatic rings. The molecule has 0 heterocycles. The molecule has 2 nitrogen and oxygen atoms in total. The highest BCUT2D eigenvalue weighted by atomic mass is 14.8. The van der Waals surface area contributed by atoms with Crippen LogP contribution in [-0.4, -0.2) is 12.6 Å². The van der Waals surface area contributed by atoms with Gasteiger partial charge in [-0.15, -0.1) is 0 Å². The van der Waals surface area contributed by atoms with Gasteiger partial charge in [0.2, 0.25) is 0 Å². The molecule has 1 atom stereocenters. The zero-order valence-electron chi connectivity index (χ0n) is 9.58. The first-order valence-corrected chi connectivity index (χ1v) is 5.83. The summed E-state index contributed by atoms with van der Waals surface area (Å²) in [6, 6.07) is 10.9. The third-order valence-corrected chi connectivity index (χ3v) is 2.62. The van der Waals surface area contributed by atoms with Crippen LogP contribution in [0.4, 0.5) is 0 Å². The molecule has 84 valence electrons. The van der Waals surface area contributed by atoms with E-state index in [1.807, 2.05) is 6.07 Å². The molecular weight excluding hydrogens is 184 g/mol. The van der Waals surface area contributed by atoms with Crippen molar-refractivity contribution in [2.24, 2.45) is 5.73 Å². The molecule has 2 heteroatoms. The third-order valence-electron chi connectivity index (χ3n) is 2.62. The van der Waals surface area contributed by atoms with E-state index in [-0.39, 0.29) is 0 Å². The normalized spacial score (nSPS) is 12.7. The van der Waals surface area contributed by atoms with Gasteiger partial charge in [-0.25, -0.2) is 0 Å². The number of nitrogens with one attached hydrogen (secondary N) is 1. The van der Waals surface area contributed by atoms with Crippen molar-refractivity contribution in [3.05, 3.63) is 35.9 Å². The fraction of sp³-hybridized carbons (Fsp3) is 0.538. The Bertz CT molecular complexity index is 246. The quantitative estimate of drug-likeness (QED) is 0.672. The van der Waals surface area contributed by atoms with E-state index in [1.165, 1.54) is 12.0 Å². The lowest BCUT2D eigenvalue weighted by atomic mass is 10.1. The maximum atomic E-state index is 5.84. The van der Waals surface area contributed by atoms with Crippen LogP contribution >= 0.6 is 0 Å². The number of nitrogens with two attached hydrogens (primary N) is 1. The van der Waals surface area contributed by atoms with Gasteiger partial charge in [0.25, 0.3) is 0 Å². The van der Waals surface area contributed by atoms with Gasteiger partial charge in [-0.3, -0.25) is 0 Å². The van der Waals surface area contributed by atoms with Gasteiger partial charge >= 0.3 is 0 Å². The van der Waals surface area contributed by atoms with E-state index in [0.29, 0.717) is 6.04 Å². The maximum absolute atomic E-state index is 5.84. The molecule has 1 aromatic carbocycles. The molecule has 0 amide bonds. The van der Waals surface area contributed by atoms with Crippen LogP contribution < -0.4 is 11.1 Å². The highest BCUT2D eigenvalue weighted by Gasteiger charge is 1.97. The van der Waals surface area contributed by atoms with Gasteiger partial charge in [0, 0.05) is 12.6 Å². The first-order valence-electron chi connectivity index (χ1n) is 5.83. The first-order chi connectivity index (χ1) is 7.33. The monoisotopic (exact) mass is 206 g/mol. The zero-order chi connectivity index (χ0) is 10.9. The minimum atomic E-state index is 0.378. The summed E-state index contributed by atoms with van der Waals surface area (Å²) in [6.45, 7) is 4.16. The Morgan fingerprint density at radius 2 is 2.00 bits per heavy atom. The lowest BCUT2D eigenvalue weighted by Gasteiger charge is -2.08. The molecule has 0 aliphatic carbocycles. The fourth-order valence-corrected chi connectivity index (χ4v) is 1.52. The Balaban J connectivity index is 2.03. The van der Waals surface area contributed by atoms with Crippen LogP contribution in [0.5, 0.6) is 0 Å². The lowest BCUT2D eigenvalue weighted by molar-refractivity contribution is 0.539. The molecule has 0 radical (unpaired) electrons. The Labute approximate surface area is 92.9 Å². The minimum Gasteiger partial charge on any atom is -0.328 e. The van der Waals surface area contributed by atoms with E-state index in [4.69, 9.17) is 5.73 Å². The average Bonchev–Trinajstić information content (AvgIpc) is 2.29. The third kappa shape index (κ3) is 5.55. The van der Waals surface area contributed by atoms with Gasteiger partial charge in [-0.2, -0.15) is 0 Å². The van der Waals surface area contributed by atoms with Gasteiger partial charge in [0.05, 0.1) is 0 Å². The summed E-state index contributed by atoms with van der Waals surface area (Å²) in [5.41, 5.74) is 7.18. The van der Waals surface area contributed by atoms with E-state index in [2.05, 4.69) is 36.5 Å². The predicted octanol–water partition coefficient (Wildman–Crippen LogP) is 2.29. The Hall–Kier alpha value is -0.860. The first kappa shape index (κ1) is 12.2. The van der Waals surface area contributed by atoms with E-state index < -0.39 is 0 Å². The highest BCUT2D eigenvalue weighted by Crippen LogP contribution is 1.99. The summed E-state index contributed by atoms with van der Waals surface area (Å²) in [7, 11) is 0. The van der Waals surface area contributed by atoms with Crippen molar-refractivity contribution in [2.45, 2.75) is 38.8 Å². The SMILES string of the molecule is CCC(N)CCCNCc1ccccc1. The van der Waals surface area contributed by atoms with E-state index in [9.17, 15) is 0 Å². The molecule has 0 fully saturated rings. The van der Waals surface area contributed by atoms with Crippen molar-refractivity contribution in [1.29, 1.82) is 0 Å². The second-order valence-electron chi connectivity index (χ2n) is 3.97. The predicted molar refractivity (Wildman–Crippen MR) is 65.6 cm³/mol. The Morgan fingerprint density at radius 3 is 2.67 bits per heavy atom. The Kier molecular flexibility index (Phi) is 6.05. The molecule has 0 saturated heterocycles. The van der Waals surface area contributed by atoms with Crippen molar-refractivity contribution in [3.8, 4) is 0 Å². The van der Waals surface area contributed by atoms with E-state index in [0.717, 1.165) is 25.9 Å². The lowest BCUT2D eigenvalue weighted by Crippen LogP contribution is -2.21. The largest absolute Gasteiger partial charge is 0.328 e. The van der Waals surface area contributed by atoms with Crippen LogP contribution in [0, 0.1) is 0 Å². The van der Waals surface area contributed by atoms with Gasteiger partial charge in [-0.05, 0) is 31.4 Å². The van der Waals surface area contributed by atoms with Crippen LogP contribution in [-0.2, 0) is 6.54 Å². The topological polar surface area (TPSA) is 38.0 Å². The summed E-state index contributed by atoms with van der Waals surface area (Å²) < 4.78 is 0. The van der Waals surface area contributed by atoms with Crippen LogP contribution in [0.3, 0.4) is 0 Å². The summed E-state index contributed by atoms with van der Waals surface area (Å²) in [5.74, 6) is 0. The molecule has 1 unspecified atom stereocenters. The molecule has 1 rings (SSSR count). The van der Waals surface area contributed by atoms with Crippen molar-refractivity contribution in [1.82, 2.24) is 5.32 Å². The molecule has 0 aliphatic heterocycles. The van der Waals surface area contributed by atoms with Gasteiger partial charge in [-0.1, -0.05) is 37.3 Å². The van der Waals surface area contributed by atoms with Crippen molar-refractivity contribution in [2.75, 3.05) is 6.54 Å². The number of hydrogen-bond acceptors (Lipinski definition) is 2. The van der Waals surface area contributed by atoms with Gasteiger partial charge < -0.3 is 11.1 Å². The smallest absolute Gasteiger partial charge is 0.0205 e. The van der Waals surface area contributed by atoms with Crippen LogP contribution in [0.25, 0.3) is 0 Å². The van der Waals surface area contributed by atoms with Crippen LogP contribution in [0.15, 0.2) is 30.3 Å². The summed E-state index contributed by atoms with van der Waals surface area (Å²) in [6.07, 6.45) is 3.37. The second kappa shape index (κ2) is 7.43. The molecule has 3 N–H and O–H groups in total. The molecule has 1 aromatic rings. The van der Waals surface area contributed by atoms with Crippen molar-refractivity contribution in [3.63, 3.8) is 0 Å². The molecular formula is C13H22N2. The zero-order valence-corrected chi connectivity index (χ0v) is 9.58. The molecule has 0 bridgehead atoms. The minimum absolute atomic E-state index is 0.378. The van der Waals surface area contributed by atoms with Crippen LogP contribution in [0.1, 0.15) is 31.7 Å². The average molecular weight is 206 g/mol. The summed E-state index contributed by atoms with van der Waals surface area (Å²) in [5, 5.41) is 3.43. The number of benzene rings is 1. The van der Waals surface area contributed by atoms with E-state index in [1.54, 1.807) is 0 Å². The molecule has 0 saturated carbocycles. The standard InChI is InChI=1S/C13H22N2/c1-2-13(14)9-6-10-15-11-12-7-4-3-5-8-12/h3-5,7-8,13,15H,2,6,9-11,14H2,1H3.